The van der Waals surface area contributed by atoms with Crippen molar-refractivity contribution < 1.29 is 9.90 Å². The minimum absolute atomic E-state index is 0.196. The van der Waals surface area contributed by atoms with Gasteiger partial charge in [0.2, 0.25) is 0 Å². The molecule has 0 aliphatic heterocycles. The molecule has 0 radical (unpaired) electrons. The normalized spacial score (nSPS) is 11.2. The Balaban J connectivity index is 0. The molecule has 0 rings (SSSR count). The highest BCUT2D eigenvalue weighted by Crippen LogP contribution is 2.01. The van der Waals surface area contributed by atoms with E-state index < -0.39 is 0 Å². The van der Waals surface area contributed by atoms with E-state index in [1.54, 1.807) is 6.08 Å². The highest BCUT2D eigenvalue weighted by atomic mass is 16.3. The monoisotopic (exact) mass is 183 g/mol. The summed E-state index contributed by atoms with van der Waals surface area (Å²) in [5.41, 5.74) is 6.60. The van der Waals surface area contributed by atoms with Crippen LogP contribution in [-0.4, -0.2) is 17.6 Å². The van der Waals surface area contributed by atoms with E-state index in [-0.39, 0.29) is 12.5 Å². The van der Waals surface area contributed by atoms with E-state index >= 15 is 0 Å². The number of allylic oxidation sites excluding steroid dienone is 3. The number of rotatable bonds is 4. The van der Waals surface area contributed by atoms with E-state index in [1.807, 2.05) is 19.1 Å². The van der Waals surface area contributed by atoms with Crippen LogP contribution in [0.25, 0.3) is 0 Å². The first-order valence-corrected chi connectivity index (χ1v) is 3.88. The molecule has 0 spiro atoms. The maximum Gasteiger partial charge on any atom is 0.290 e. The van der Waals surface area contributed by atoms with Crippen molar-refractivity contribution in [2.24, 2.45) is 5.73 Å². The van der Waals surface area contributed by atoms with Gasteiger partial charge in [-0.05, 0) is 13.3 Å². The molecule has 0 aliphatic rings. The van der Waals surface area contributed by atoms with Gasteiger partial charge in [-0.15, -0.1) is 0 Å². The van der Waals surface area contributed by atoms with Gasteiger partial charge in [0.25, 0.3) is 6.47 Å². The Kier molecular flexibility index (Phi) is 11.6. The predicted molar refractivity (Wildman–Crippen MR) is 55.4 cm³/mol. The summed E-state index contributed by atoms with van der Waals surface area (Å²) >= 11 is 0. The van der Waals surface area contributed by atoms with Crippen LogP contribution < -0.4 is 5.73 Å². The third-order valence-corrected chi connectivity index (χ3v) is 1.05. The molecule has 0 aromatic heterocycles. The summed E-state index contributed by atoms with van der Waals surface area (Å²) in [5, 5.41) is 6.89. The molecule has 0 aromatic carbocycles. The first kappa shape index (κ1) is 14.2. The van der Waals surface area contributed by atoms with Gasteiger partial charge < -0.3 is 10.8 Å². The molecule has 0 amide bonds. The van der Waals surface area contributed by atoms with Crippen molar-refractivity contribution in [1.29, 1.82) is 0 Å². The second kappa shape index (κ2) is 10.7. The van der Waals surface area contributed by atoms with Crippen LogP contribution >= 0.6 is 0 Å². The Bertz CT molecular complexity index is 183. The minimum atomic E-state index is -0.250. The standard InChI is InChI=1S/C9H15N.CH2O2/c1-4-5-6-8(2)7-9(3)10;2-1-3/h4-6,9H,1-2,7,10H2,3H3;1H,(H,2,3)/b6-5-;. The Hall–Kier alpha value is -1.35. The van der Waals surface area contributed by atoms with Crippen LogP contribution in [0.3, 0.4) is 0 Å². The van der Waals surface area contributed by atoms with Crippen LogP contribution in [0.2, 0.25) is 0 Å². The lowest BCUT2D eigenvalue weighted by atomic mass is 10.1. The molecule has 0 saturated heterocycles. The Morgan fingerprint density at radius 2 is 2.15 bits per heavy atom. The number of carbonyl (C=O) groups is 1. The molecule has 0 aliphatic carbocycles. The molecule has 0 heterocycles. The van der Waals surface area contributed by atoms with E-state index in [0.29, 0.717) is 0 Å². The molecule has 0 saturated carbocycles. The van der Waals surface area contributed by atoms with E-state index in [2.05, 4.69) is 13.2 Å². The van der Waals surface area contributed by atoms with Crippen LogP contribution in [-0.2, 0) is 4.79 Å². The quantitative estimate of drug-likeness (QED) is 0.515. The number of nitrogens with two attached hydrogens (primary N) is 1. The van der Waals surface area contributed by atoms with Gasteiger partial charge in [-0.25, -0.2) is 0 Å². The lowest BCUT2D eigenvalue weighted by Crippen LogP contribution is -2.14. The fourth-order valence-electron chi connectivity index (χ4n) is 0.686. The van der Waals surface area contributed by atoms with E-state index in [1.165, 1.54) is 0 Å². The smallest absolute Gasteiger partial charge is 0.290 e. The predicted octanol–water partition coefficient (Wildman–Crippen LogP) is 1.72. The molecular weight excluding hydrogens is 166 g/mol. The van der Waals surface area contributed by atoms with Crippen molar-refractivity contribution >= 4 is 6.47 Å². The first-order valence-electron chi connectivity index (χ1n) is 3.88. The van der Waals surface area contributed by atoms with Crippen molar-refractivity contribution in [2.75, 3.05) is 0 Å². The van der Waals surface area contributed by atoms with Crippen molar-refractivity contribution in [2.45, 2.75) is 19.4 Å². The molecule has 1 unspecified atom stereocenters. The number of hydrogen-bond acceptors (Lipinski definition) is 2. The molecule has 3 heteroatoms. The van der Waals surface area contributed by atoms with E-state index in [0.717, 1.165) is 12.0 Å². The van der Waals surface area contributed by atoms with E-state index in [9.17, 15) is 0 Å². The maximum atomic E-state index is 8.36. The molecule has 74 valence electrons. The van der Waals surface area contributed by atoms with Crippen LogP contribution in [0.4, 0.5) is 0 Å². The Morgan fingerprint density at radius 1 is 1.69 bits per heavy atom. The highest BCUT2D eigenvalue weighted by molar-refractivity contribution is 5.32. The fourth-order valence-corrected chi connectivity index (χ4v) is 0.686. The molecule has 0 bridgehead atoms. The lowest BCUT2D eigenvalue weighted by molar-refractivity contribution is -0.122. The lowest BCUT2D eigenvalue weighted by Gasteiger charge is -2.02. The van der Waals surface area contributed by atoms with Gasteiger partial charge >= 0.3 is 0 Å². The second-order valence-corrected chi connectivity index (χ2v) is 2.54. The summed E-state index contributed by atoms with van der Waals surface area (Å²) in [7, 11) is 0. The zero-order valence-electron chi connectivity index (χ0n) is 7.94. The van der Waals surface area contributed by atoms with E-state index in [4.69, 9.17) is 15.6 Å². The molecule has 3 N–H and O–H groups in total. The fraction of sp³-hybridized carbons (Fsp3) is 0.300. The average molecular weight is 183 g/mol. The minimum Gasteiger partial charge on any atom is -0.483 e. The SMILES string of the molecule is C=C/C=C\C(=C)CC(C)N.O=CO. The summed E-state index contributed by atoms with van der Waals surface area (Å²) in [6, 6.07) is 0.196. The van der Waals surface area contributed by atoms with Crippen LogP contribution in [0, 0.1) is 0 Å². The zero-order chi connectivity index (χ0) is 10.7. The van der Waals surface area contributed by atoms with Crippen molar-refractivity contribution in [3.8, 4) is 0 Å². The molecule has 0 fully saturated rings. The maximum absolute atomic E-state index is 8.36. The third-order valence-electron chi connectivity index (χ3n) is 1.05. The Morgan fingerprint density at radius 3 is 2.46 bits per heavy atom. The average Bonchev–Trinajstić information content (AvgIpc) is 2.01. The highest BCUT2D eigenvalue weighted by Gasteiger charge is 1.93. The van der Waals surface area contributed by atoms with Crippen molar-refractivity contribution in [1.82, 2.24) is 0 Å². The second-order valence-electron chi connectivity index (χ2n) is 2.54. The van der Waals surface area contributed by atoms with Crippen LogP contribution in [0.5, 0.6) is 0 Å². The molecule has 0 aromatic rings. The van der Waals surface area contributed by atoms with Gasteiger partial charge in [-0.3, -0.25) is 4.79 Å². The van der Waals surface area contributed by atoms with Crippen LogP contribution in [0.15, 0.2) is 37.0 Å². The molecular formula is C10H17NO2. The van der Waals surface area contributed by atoms with Gasteiger partial charge in [0.05, 0.1) is 0 Å². The van der Waals surface area contributed by atoms with Gasteiger partial charge in [0.15, 0.2) is 0 Å². The number of carboxylic acid groups (broad SMARTS) is 1. The van der Waals surface area contributed by atoms with Crippen molar-refractivity contribution in [3.63, 3.8) is 0 Å². The number of hydrogen-bond donors (Lipinski definition) is 2. The summed E-state index contributed by atoms with van der Waals surface area (Å²) in [4.78, 5) is 8.36. The van der Waals surface area contributed by atoms with Crippen molar-refractivity contribution in [3.05, 3.63) is 37.0 Å². The third kappa shape index (κ3) is 18.0. The van der Waals surface area contributed by atoms with Gasteiger partial charge in [0.1, 0.15) is 0 Å². The summed E-state index contributed by atoms with van der Waals surface area (Å²) in [6.07, 6.45) is 6.37. The zero-order valence-corrected chi connectivity index (χ0v) is 7.94. The van der Waals surface area contributed by atoms with Gasteiger partial charge in [-0.1, -0.05) is 37.0 Å². The molecule has 1 atom stereocenters. The van der Waals surface area contributed by atoms with Gasteiger partial charge in [-0.2, -0.15) is 0 Å². The topological polar surface area (TPSA) is 63.3 Å². The first-order chi connectivity index (χ1) is 6.08. The summed E-state index contributed by atoms with van der Waals surface area (Å²) < 4.78 is 0. The molecule has 13 heavy (non-hydrogen) atoms. The Labute approximate surface area is 79.3 Å². The summed E-state index contributed by atoms with van der Waals surface area (Å²) in [6.45, 7) is 9.09. The van der Waals surface area contributed by atoms with Gasteiger partial charge in [0, 0.05) is 6.04 Å². The largest absolute Gasteiger partial charge is 0.483 e. The van der Waals surface area contributed by atoms with Crippen LogP contribution in [0.1, 0.15) is 13.3 Å². The summed E-state index contributed by atoms with van der Waals surface area (Å²) in [5.74, 6) is 0. The molecule has 3 nitrogen and oxygen atoms in total.